The van der Waals surface area contributed by atoms with E-state index in [-0.39, 0.29) is 22.6 Å². The topological polar surface area (TPSA) is 75.3 Å². The maximum atomic E-state index is 12.7. The molecule has 28 heavy (non-hydrogen) atoms. The van der Waals surface area contributed by atoms with Gasteiger partial charge in [0.2, 0.25) is 15.9 Å². The molecule has 0 aliphatic heterocycles. The number of amides is 1. The first-order chi connectivity index (χ1) is 13.1. The summed E-state index contributed by atoms with van der Waals surface area (Å²) in [4.78, 5) is 12.6. The lowest BCUT2D eigenvalue weighted by Gasteiger charge is -2.22. The molecule has 1 atom stereocenters. The Morgan fingerprint density at radius 1 is 1.04 bits per heavy atom. The van der Waals surface area contributed by atoms with E-state index in [1.54, 1.807) is 56.8 Å². The van der Waals surface area contributed by atoms with Gasteiger partial charge >= 0.3 is 0 Å². The van der Waals surface area contributed by atoms with Crippen LogP contribution in [0.1, 0.15) is 38.8 Å². The van der Waals surface area contributed by atoms with E-state index in [2.05, 4.69) is 10.0 Å². The van der Waals surface area contributed by atoms with Gasteiger partial charge in [0.1, 0.15) is 0 Å². The average molecular weight is 421 g/mol. The minimum absolute atomic E-state index is 0.114. The van der Waals surface area contributed by atoms with E-state index in [9.17, 15) is 13.2 Å². The van der Waals surface area contributed by atoms with Crippen molar-refractivity contribution in [2.45, 2.75) is 55.7 Å². The maximum Gasteiger partial charge on any atom is 0.241 e. The molecule has 0 aliphatic carbocycles. The van der Waals surface area contributed by atoms with Crippen LogP contribution >= 0.6 is 11.8 Å². The minimum atomic E-state index is -3.67. The van der Waals surface area contributed by atoms with Gasteiger partial charge in [-0.3, -0.25) is 4.79 Å². The summed E-state index contributed by atoms with van der Waals surface area (Å²) in [7, 11) is -3.67. The summed E-state index contributed by atoms with van der Waals surface area (Å²) in [6.07, 6.45) is 0. The van der Waals surface area contributed by atoms with Crippen molar-refractivity contribution < 1.29 is 13.2 Å². The summed E-state index contributed by atoms with van der Waals surface area (Å²) >= 11 is 1.55. The lowest BCUT2D eigenvalue weighted by atomic mass is 10.1. The molecule has 0 fully saturated rings. The van der Waals surface area contributed by atoms with Crippen molar-refractivity contribution in [1.82, 2.24) is 10.0 Å². The van der Waals surface area contributed by atoms with Crippen molar-refractivity contribution in [3.8, 4) is 0 Å². The first-order valence-electron chi connectivity index (χ1n) is 9.13. The SMILES string of the molecule is CC(SCc1ccccc1)C(=O)NCc1ccccc1S(=O)(=O)NC(C)(C)C. The standard InChI is InChI=1S/C21H28N2O3S2/c1-16(27-15-17-10-6-5-7-11-17)20(24)22-14-18-12-8-9-13-19(18)28(25,26)23-21(2,3)4/h5-13,16,23H,14-15H2,1-4H3,(H,22,24). The van der Waals surface area contributed by atoms with Crippen LogP contribution in [0.15, 0.2) is 59.5 Å². The quantitative estimate of drug-likeness (QED) is 0.683. The fourth-order valence-electron chi connectivity index (χ4n) is 2.57. The van der Waals surface area contributed by atoms with Gasteiger partial charge in [-0.15, -0.1) is 11.8 Å². The number of hydrogen-bond donors (Lipinski definition) is 2. The Balaban J connectivity index is 1.99. The van der Waals surface area contributed by atoms with Crippen molar-refractivity contribution in [3.63, 3.8) is 0 Å². The molecule has 1 unspecified atom stereocenters. The molecule has 0 radical (unpaired) electrons. The van der Waals surface area contributed by atoms with Gasteiger partial charge in [-0.05, 0) is 44.9 Å². The van der Waals surface area contributed by atoms with Crippen LogP contribution in [0.3, 0.4) is 0 Å². The van der Waals surface area contributed by atoms with E-state index in [1.165, 1.54) is 0 Å². The Kier molecular flexibility index (Phi) is 7.69. The number of thioether (sulfide) groups is 1. The molecule has 1 amide bonds. The van der Waals surface area contributed by atoms with Gasteiger partial charge in [0.25, 0.3) is 0 Å². The van der Waals surface area contributed by atoms with Crippen molar-refractivity contribution in [1.29, 1.82) is 0 Å². The van der Waals surface area contributed by atoms with E-state index in [0.29, 0.717) is 5.56 Å². The number of rotatable bonds is 8. The lowest BCUT2D eigenvalue weighted by molar-refractivity contribution is -0.120. The molecule has 0 aromatic heterocycles. The monoisotopic (exact) mass is 420 g/mol. The van der Waals surface area contributed by atoms with Gasteiger partial charge in [0, 0.05) is 17.8 Å². The van der Waals surface area contributed by atoms with Gasteiger partial charge in [-0.2, -0.15) is 0 Å². The van der Waals surface area contributed by atoms with Crippen LogP contribution in [0, 0.1) is 0 Å². The molecule has 2 aromatic carbocycles. The lowest BCUT2D eigenvalue weighted by Crippen LogP contribution is -2.41. The Bertz CT molecular complexity index is 891. The normalized spacial score (nSPS) is 13.1. The molecule has 0 bridgehead atoms. The average Bonchev–Trinajstić information content (AvgIpc) is 2.63. The Hall–Kier alpha value is -1.83. The molecule has 0 saturated carbocycles. The van der Waals surface area contributed by atoms with Crippen molar-refractivity contribution in [3.05, 3.63) is 65.7 Å². The molecule has 152 valence electrons. The Labute approximate surface area is 172 Å². The van der Waals surface area contributed by atoms with E-state index in [1.807, 2.05) is 37.3 Å². The Morgan fingerprint density at radius 3 is 2.29 bits per heavy atom. The predicted molar refractivity (Wildman–Crippen MR) is 116 cm³/mol. The highest BCUT2D eigenvalue weighted by Gasteiger charge is 2.24. The number of carbonyl (C=O) groups is 1. The summed E-state index contributed by atoms with van der Waals surface area (Å²) in [6, 6.07) is 16.7. The maximum absolute atomic E-state index is 12.7. The molecule has 0 saturated heterocycles. The van der Waals surface area contributed by atoms with Crippen molar-refractivity contribution in [2.75, 3.05) is 0 Å². The highest BCUT2D eigenvalue weighted by molar-refractivity contribution is 7.99. The first-order valence-corrected chi connectivity index (χ1v) is 11.7. The van der Waals surface area contributed by atoms with Crippen LogP contribution in [0.5, 0.6) is 0 Å². The third-order valence-corrected chi connectivity index (χ3v) is 6.94. The van der Waals surface area contributed by atoms with E-state index in [4.69, 9.17) is 0 Å². The van der Waals surface area contributed by atoms with Crippen LogP contribution in [0.25, 0.3) is 0 Å². The Morgan fingerprint density at radius 2 is 1.64 bits per heavy atom. The highest BCUT2D eigenvalue weighted by atomic mass is 32.2. The summed E-state index contributed by atoms with van der Waals surface area (Å²) in [5, 5.41) is 2.62. The van der Waals surface area contributed by atoms with E-state index in [0.717, 1.165) is 11.3 Å². The zero-order chi connectivity index (χ0) is 20.8. The largest absolute Gasteiger partial charge is 0.351 e. The molecule has 0 aliphatic rings. The van der Waals surface area contributed by atoms with Gasteiger partial charge in [0.05, 0.1) is 10.1 Å². The van der Waals surface area contributed by atoms with Crippen LogP contribution in [0.2, 0.25) is 0 Å². The fraction of sp³-hybridized carbons (Fsp3) is 0.381. The number of hydrogen-bond acceptors (Lipinski definition) is 4. The van der Waals surface area contributed by atoms with E-state index < -0.39 is 15.6 Å². The fourth-order valence-corrected chi connectivity index (χ4v) is 5.10. The van der Waals surface area contributed by atoms with E-state index >= 15 is 0 Å². The minimum Gasteiger partial charge on any atom is -0.351 e. The second-order valence-electron chi connectivity index (χ2n) is 7.62. The van der Waals surface area contributed by atoms with Crippen LogP contribution in [-0.2, 0) is 27.1 Å². The summed E-state index contributed by atoms with van der Waals surface area (Å²) < 4.78 is 28.0. The van der Waals surface area contributed by atoms with Crippen molar-refractivity contribution >= 4 is 27.7 Å². The van der Waals surface area contributed by atoms with Gasteiger partial charge in [0.15, 0.2) is 0 Å². The molecular formula is C21H28N2O3S2. The summed E-state index contributed by atoms with van der Waals surface area (Å²) in [5.74, 6) is 0.632. The smallest absolute Gasteiger partial charge is 0.241 e. The summed E-state index contributed by atoms with van der Waals surface area (Å²) in [5.41, 5.74) is 1.14. The molecular weight excluding hydrogens is 392 g/mol. The van der Waals surface area contributed by atoms with Crippen molar-refractivity contribution in [2.24, 2.45) is 0 Å². The van der Waals surface area contributed by atoms with Gasteiger partial charge in [-0.1, -0.05) is 48.5 Å². The molecule has 2 rings (SSSR count). The first kappa shape index (κ1) is 22.5. The number of carbonyl (C=O) groups excluding carboxylic acids is 1. The second-order valence-corrected chi connectivity index (χ2v) is 10.6. The van der Waals surface area contributed by atoms with Crippen LogP contribution in [0.4, 0.5) is 0 Å². The van der Waals surface area contributed by atoms with Crippen LogP contribution < -0.4 is 10.0 Å². The number of sulfonamides is 1. The summed E-state index contributed by atoms with van der Waals surface area (Å²) in [6.45, 7) is 7.39. The second kappa shape index (κ2) is 9.58. The number of benzene rings is 2. The molecule has 0 heterocycles. The van der Waals surface area contributed by atoms with Crippen LogP contribution in [-0.4, -0.2) is 25.1 Å². The zero-order valence-corrected chi connectivity index (χ0v) is 18.4. The molecule has 2 aromatic rings. The predicted octanol–water partition coefficient (Wildman–Crippen LogP) is 3.70. The highest BCUT2D eigenvalue weighted by Crippen LogP contribution is 2.20. The van der Waals surface area contributed by atoms with Gasteiger partial charge in [-0.25, -0.2) is 13.1 Å². The third kappa shape index (κ3) is 6.96. The molecule has 2 N–H and O–H groups in total. The molecule has 5 nitrogen and oxygen atoms in total. The molecule has 7 heteroatoms. The molecule has 0 spiro atoms. The van der Waals surface area contributed by atoms with Gasteiger partial charge < -0.3 is 5.32 Å². The third-order valence-electron chi connectivity index (χ3n) is 3.87. The number of nitrogens with one attached hydrogen (secondary N) is 2. The zero-order valence-electron chi connectivity index (χ0n) is 16.7.